The molecule has 6 heteroatoms. The van der Waals surface area contributed by atoms with Crippen LogP contribution in [0, 0.1) is 5.41 Å². The largest absolute Gasteiger partial charge is 0.510 e. The lowest BCUT2D eigenvalue weighted by Crippen LogP contribution is -2.26. The second kappa shape index (κ2) is 6.50. The third kappa shape index (κ3) is 2.74. The van der Waals surface area contributed by atoms with Crippen molar-refractivity contribution in [2.45, 2.75) is 20.0 Å². The number of amidine groups is 1. The quantitative estimate of drug-likeness (QED) is 0.715. The van der Waals surface area contributed by atoms with Crippen molar-refractivity contribution in [1.82, 2.24) is 14.5 Å². The molecule has 2 aromatic carbocycles. The molecule has 132 valence electrons. The highest BCUT2D eigenvalue weighted by atomic mass is 35.5. The SMILES string of the molecule is CCn1c(C2=C(O)CN(Cc3ccc(Cl)cc3)C2=N)nc2ccccc21. The number of aliphatic hydroxyl groups is 1. The third-order valence-electron chi connectivity index (χ3n) is 4.66. The lowest BCUT2D eigenvalue weighted by Gasteiger charge is -2.19. The summed E-state index contributed by atoms with van der Waals surface area (Å²) in [5.74, 6) is 1.13. The van der Waals surface area contributed by atoms with Crippen molar-refractivity contribution >= 4 is 34.0 Å². The zero-order chi connectivity index (χ0) is 18.3. The van der Waals surface area contributed by atoms with Crippen LogP contribution in [0.1, 0.15) is 18.3 Å². The van der Waals surface area contributed by atoms with Crippen molar-refractivity contribution in [2.75, 3.05) is 6.54 Å². The van der Waals surface area contributed by atoms with Crippen LogP contribution in [0.2, 0.25) is 5.02 Å². The molecule has 0 fully saturated rings. The number of rotatable bonds is 4. The maximum absolute atomic E-state index is 10.6. The van der Waals surface area contributed by atoms with E-state index in [1.165, 1.54) is 0 Å². The van der Waals surface area contributed by atoms with Gasteiger partial charge in [-0.25, -0.2) is 4.98 Å². The average Bonchev–Trinajstić information content (AvgIpc) is 3.13. The molecule has 0 spiro atoms. The number of benzene rings is 2. The van der Waals surface area contributed by atoms with Gasteiger partial charge in [0.05, 0.1) is 23.2 Å². The number of nitrogens with zero attached hydrogens (tertiary/aromatic N) is 3. The molecule has 0 radical (unpaired) electrons. The molecule has 2 heterocycles. The predicted molar refractivity (Wildman–Crippen MR) is 105 cm³/mol. The minimum Gasteiger partial charge on any atom is -0.510 e. The van der Waals surface area contributed by atoms with E-state index in [4.69, 9.17) is 17.0 Å². The molecule has 5 nitrogen and oxygen atoms in total. The molecular formula is C20H19ClN4O. The predicted octanol–water partition coefficient (Wildman–Crippen LogP) is 4.47. The maximum atomic E-state index is 10.6. The maximum Gasteiger partial charge on any atom is 0.148 e. The van der Waals surface area contributed by atoms with Gasteiger partial charge in [-0.05, 0) is 36.8 Å². The first-order valence-corrected chi connectivity index (χ1v) is 8.92. The highest BCUT2D eigenvalue weighted by Gasteiger charge is 2.31. The topological polar surface area (TPSA) is 65.1 Å². The van der Waals surface area contributed by atoms with E-state index in [9.17, 15) is 5.11 Å². The average molecular weight is 367 g/mol. The Bertz CT molecular complexity index is 1020. The molecule has 2 N–H and O–H groups in total. The Hall–Kier alpha value is -2.79. The first-order chi connectivity index (χ1) is 12.6. The fourth-order valence-electron chi connectivity index (χ4n) is 3.40. The molecule has 0 atom stereocenters. The normalized spacial score (nSPS) is 14.7. The van der Waals surface area contributed by atoms with Gasteiger partial charge < -0.3 is 14.6 Å². The Balaban J connectivity index is 1.68. The van der Waals surface area contributed by atoms with Crippen LogP contribution in [-0.4, -0.2) is 31.9 Å². The Morgan fingerprint density at radius 2 is 1.88 bits per heavy atom. The van der Waals surface area contributed by atoms with Gasteiger partial charge in [-0.1, -0.05) is 35.9 Å². The van der Waals surface area contributed by atoms with E-state index in [1.807, 2.05) is 64.9 Å². The zero-order valence-corrected chi connectivity index (χ0v) is 15.2. The Labute approximate surface area is 156 Å². The van der Waals surface area contributed by atoms with Gasteiger partial charge in [-0.2, -0.15) is 0 Å². The fourth-order valence-corrected chi connectivity index (χ4v) is 3.53. The lowest BCUT2D eigenvalue weighted by atomic mass is 10.2. The third-order valence-corrected chi connectivity index (χ3v) is 4.92. The van der Waals surface area contributed by atoms with Crippen molar-refractivity contribution in [1.29, 1.82) is 5.41 Å². The summed E-state index contributed by atoms with van der Waals surface area (Å²) in [6.45, 7) is 3.61. The van der Waals surface area contributed by atoms with Crippen molar-refractivity contribution in [3.8, 4) is 0 Å². The van der Waals surface area contributed by atoms with Crippen LogP contribution >= 0.6 is 11.6 Å². The molecule has 0 saturated carbocycles. The highest BCUT2D eigenvalue weighted by Crippen LogP contribution is 2.30. The van der Waals surface area contributed by atoms with Crippen LogP contribution in [0.5, 0.6) is 0 Å². The highest BCUT2D eigenvalue weighted by molar-refractivity contribution is 6.30. The molecule has 0 saturated heterocycles. The van der Waals surface area contributed by atoms with Crippen molar-refractivity contribution in [3.63, 3.8) is 0 Å². The van der Waals surface area contributed by atoms with Gasteiger partial charge >= 0.3 is 0 Å². The number of hydrogen-bond donors (Lipinski definition) is 2. The van der Waals surface area contributed by atoms with Crippen LogP contribution in [0.4, 0.5) is 0 Å². The number of hydrogen-bond acceptors (Lipinski definition) is 3. The first-order valence-electron chi connectivity index (χ1n) is 8.54. The first kappa shape index (κ1) is 16.7. The molecule has 1 aromatic heterocycles. The summed E-state index contributed by atoms with van der Waals surface area (Å²) in [5.41, 5.74) is 3.43. The molecule has 0 amide bonds. The van der Waals surface area contributed by atoms with Crippen LogP contribution in [0.3, 0.4) is 0 Å². The Morgan fingerprint density at radius 3 is 2.62 bits per heavy atom. The summed E-state index contributed by atoms with van der Waals surface area (Å²) >= 11 is 5.94. The van der Waals surface area contributed by atoms with Crippen LogP contribution in [-0.2, 0) is 13.1 Å². The summed E-state index contributed by atoms with van der Waals surface area (Å²) in [5, 5.41) is 19.9. The molecule has 3 aromatic rings. The second-order valence-corrected chi connectivity index (χ2v) is 6.76. The standard InChI is InChI=1S/C20H19ClN4O/c1-2-25-16-6-4-3-5-15(16)23-20(25)18-17(26)12-24(19(18)22)11-13-7-9-14(21)10-8-13/h3-10,22,26H,2,11-12H2,1H3. The van der Waals surface area contributed by atoms with Crippen LogP contribution < -0.4 is 0 Å². The van der Waals surface area contributed by atoms with Gasteiger partial charge in [-0.15, -0.1) is 0 Å². The van der Waals surface area contributed by atoms with Crippen LogP contribution in [0.15, 0.2) is 54.3 Å². The molecule has 0 bridgehead atoms. The summed E-state index contributed by atoms with van der Waals surface area (Å²) in [6.07, 6.45) is 0. The molecular weight excluding hydrogens is 348 g/mol. The lowest BCUT2D eigenvalue weighted by molar-refractivity contribution is 0.347. The minimum absolute atomic E-state index is 0.189. The molecule has 26 heavy (non-hydrogen) atoms. The van der Waals surface area contributed by atoms with E-state index in [2.05, 4.69) is 4.98 Å². The van der Waals surface area contributed by atoms with Gasteiger partial charge in [0.1, 0.15) is 17.4 Å². The number of fused-ring (bicyclic) bond motifs is 1. The van der Waals surface area contributed by atoms with Crippen molar-refractivity contribution < 1.29 is 5.11 Å². The molecule has 1 aliphatic rings. The number of halogens is 1. The van der Waals surface area contributed by atoms with E-state index in [1.54, 1.807) is 0 Å². The smallest absolute Gasteiger partial charge is 0.148 e. The molecule has 1 aliphatic heterocycles. The van der Waals surface area contributed by atoms with E-state index in [0.29, 0.717) is 35.3 Å². The number of aryl methyl sites for hydroxylation is 1. The fraction of sp³-hybridized carbons (Fsp3) is 0.200. The number of aliphatic hydroxyl groups excluding tert-OH is 1. The van der Waals surface area contributed by atoms with Gasteiger partial charge in [0, 0.05) is 18.1 Å². The summed E-state index contributed by atoms with van der Waals surface area (Å²) in [4.78, 5) is 6.52. The van der Waals surface area contributed by atoms with Gasteiger partial charge in [0.2, 0.25) is 0 Å². The van der Waals surface area contributed by atoms with Gasteiger partial charge in [0.25, 0.3) is 0 Å². The zero-order valence-electron chi connectivity index (χ0n) is 14.4. The summed E-state index contributed by atoms with van der Waals surface area (Å²) in [6, 6.07) is 15.4. The van der Waals surface area contributed by atoms with Gasteiger partial charge in [0.15, 0.2) is 0 Å². The Kier molecular flexibility index (Phi) is 4.17. The number of nitrogens with one attached hydrogen (secondary N) is 1. The molecule has 4 rings (SSSR count). The van der Waals surface area contributed by atoms with Crippen LogP contribution in [0.25, 0.3) is 16.6 Å². The van der Waals surface area contributed by atoms with Gasteiger partial charge in [-0.3, -0.25) is 5.41 Å². The molecule has 0 aliphatic carbocycles. The molecule has 0 unspecified atom stereocenters. The van der Waals surface area contributed by atoms with Crippen molar-refractivity contribution in [3.05, 3.63) is 70.7 Å². The number of imidazole rings is 1. The minimum atomic E-state index is 0.189. The van der Waals surface area contributed by atoms with E-state index >= 15 is 0 Å². The van der Waals surface area contributed by atoms with E-state index < -0.39 is 0 Å². The summed E-state index contributed by atoms with van der Waals surface area (Å²) < 4.78 is 2.04. The number of aromatic nitrogens is 2. The van der Waals surface area contributed by atoms with E-state index in [0.717, 1.165) is 23.1 Å². The monoisotopic (exact) mass is 366 g/mol. The second-order valence-electron chi connectivity index (χ2n) is 6.32. The van der Waals surface area contributed by atoms with Crippen molar-refractivity contribution in [2.24, 2.45) is 0 Å². The Morgan fingerprint density at radius 1 is 1.15 bits per heavy atom. The number of para-hydroxylation sites is 2. The summed E-state index contributed by atoms with van der Waals surface area (Å²) in [7, 11) is 0. The van der Waals surface area contributed by atoms with E-state index in [-0.39, 0.29) is 5.76 Å².